The van der Waals surface area contributed by atoms with E-state index in [9.17, 15) is 4.79 Å². The smallest absolute Gasteiger partial charge is 0.239 e. The van der Waals surface area contributed by atoms with Gasteiger partial charge in [-0.15, -0.1) is 0 Å². The van der Waals surface area contributed by atoms with Crippen molar-refractivity contribution in [3.05, 3.63) is 66.0 Å². The number of aryl methyl sites for hydroxylation is 1. The molecule has 0 spiro atoms. The fourth-order valence-electron chi connectivity index (χ4n) is 3.69. The van der Waals surface area contributed by atoms with E-state index in [-0.39, 0.29) is 12.5 Å². The van der Waals surface area contributed by atoms with Crippen molar-refractivity contribution in [1.82, 2.24) is 29.7 Å². The zero-order valence-corrected chi connectivity index (χ0v) is 19.9. The first-order valence-corrected chi connectivity index (χ1v) is 11.4. The molecule has 2 aromatic rings. The highest BCUT2D eigenvalue weighted by molar-refractivity contribution is 5.81. The standard InChI is InChI=1S/C24H31N7O3/c1-18-13-22(28-24(27-18)31-11-8-25-17-31)30(10-4-9-29(2)3)15-23(32)26-7-5-19-14-21-20(34-16-19)6-12-33-21/h6,8,11,13-14,16-17H,4-5,7,9-10,12,15H2,1-3H3,(H,26,32). The minimum atomic E-state index is -0.0621. The van der Waals surface area contributed by atoms with Crippen LogP contribution in [0.15, 0.2) is 60.3 Å². The largest absolute Gasteiger partial charge is 0.485 e. The van der Waals surface area contributed by atoms with Crippen LogP contribution in [0.2, 0.25) is 0 Å². The third-order valence-electron chi connectivity index (χ3n) is 5.40. The van der Waals surface area contributed by atoms with Crippen molar-refractivity contribution < 1.29 is 14.3 Å². The molecule has 4 heterocycles. The van der Waals surface area contributed by atoms with E-state index >= 15 is 0 Å². The van der Waals surface area contributed by atoms with Gasteiger partial charge in [0.05, 0.1) is 12.8 Å². The summed E-state index contributed by atoms with van der Waals surface area (Å²) in [6.07, 6.45) is 12.3. The lowest BCUT2D eigenvalue weighted by Gasteiger charge is -2.25. The minimum absolute atomic E-state index is 0.0621. The normalized spacial score (nSPS) is 14.5. The molecule has 0 bridgehead atoms. The number of imidazole rings is 1. The number of hydrogen-bond acceptors (Lipinski definition) is 8. The van der Waals surface area contributed by atoms with E-state index in [0.717, 1.165) is 41.6 Å². The zero-order valence-electron chi connectivity index (χ0n) is 19.9. The van der Waals surface area contributed by atoms with E-state index in [1.54, 1.807) is 29.6 Å². The minimum Gasteiger partial charge on any atom is -0.485 e. The van der Waals surface area contributed by atoms with E-state index < -0.39 is 0 Å². The molecule has 2 aliphatic heterocycles. The van der Waals surface area contributed by atoms with Crippen LogP contribution in [0.25, 0.3) is 5.95 Å². The summed E-state index contributed by atoms with van der Waals surface area (Å²) >= 11 is 0. The molecule has 0 fully saturated rings. The lowest BCUT2D eigenvalue weighted by atomic mass is 10.1. The van der Waals surface area contributed by atoms with Crippen molar-refractivity contribution in [3.8, 4) is 5.95 Å². The average Bonchev–Trinajstić information content (AvgIpc) is 3.50. The number of carbonyl (C=O) groups excluding carboxylic acids is 1. The Hall–Kier alpha value is -3.66. The van der Waals surface area contributed by atoms with E-state index in [2.05, 4.69) is 20.2 Å². The number of rotatable bonds is 11. The van der Waals surface area contributed by atoms with E-state index in [4.69, 9.17) is 14.5 Å². The highest BCUT2D eigenvalue weighted by Crippen LogP contribution is 2.27. The van der Waals surface area contributed by atoms with Gasteiger partial charge in [0.15, 0.2) is 11.5 Å². The summed E-state index contributed by atoms with van der Waals surface area (Å²) in [5, 5.41) is 3.02. The SMILES string of the molecule is Cc1cc(N(CCCN(C)C)CC(=O)NCCC2=COC3=CCOC3=C2)nc(-n2ccnc2)n1. The first-order chi connectivity index (χ1) is 16.5. The van der Waals surface area contributed by atoms with E-state index in [0.29, 0.717) is 32.1 Å². The van der Waals surface area contributed by atoms with Gasteiger partial charge in [-0.05, 0) is 58.1 Å². The molecule has 1 N–H and O–H groups in total. The Morgan fingerprint density at radius 2 is 2.12 bits per heavy atom. The monoisotopic (exact) mass is 465 g/mol. The molecule has 10 heteroatoms. The number of hydrogen-bond donors (Lipinski definition) is 1. The van der Waals surface area contributed by atoms with Crippen LogP contribution in [0.4, 0.5) is 5.82 Å². The Balaban J connectivity index is 1.38. The van der Waals surface area contributed by atoms with Crippen LogP contribution in [0.3, 0.4) is 0 Å². The van der Waals surface area contributed by atoms with E-state index in [1.807, 2.05) is 44.1 Å². The van der Waals surface area contributed by atoms with Crippen molar-refractivity contribution in [2.45, 2.75) is 19.8 Å². The molecule has 0 aliphatic carbocycles. The van der Waals surface area contributed by atoms with Gasteiger partial charge in [-0.1, -0.05) is 0 Å². The number of anilines is 1. The Morgan fingerprint density at radius 3 is 2.91 bits per heavy atom. The highest BCUT2D eigenvalue weighted by atomic mass is 16.5. The molecule has 34 heavy (non-hydrogen) atoms. The van der Waals surface area contributed by atoms with Gasteiger partial charge in [-0.2, -0.15) is 4.98 Å². The third-order valence-corrected chi connectivity index (χ3v) is 5.40. The van der Waals surface area contributed by atoms with Gasteiger partial charge >= 0.3 is 0 Å². The van der Waals surface area contributed by atoms with Crippen LogP contribution < -0.4 is 10.2 Å². The third kappa shape index (κ3) is 6.22. The van der Waals surface area contributed by atoms with Crippen molar-refractivity contribution in [2.24, 2.45) is 0 Å². The predicted octanol–water partition coefficient (Wildman–Crippen LogP) is 1.95. The summed E-state index contributed by atoms with van der Waals surface area (Å²) in [7, 11) is 4.08. The molecule has 1 amide bonds. The number of ether oxygens (including phenoxy) is 2. The van der Waals surface area contributed by atoms with E-state index in [1.165, 1.54) is 0 Å². The van der Waals surface area contributed by atoms with Crippen molar-refractivity contribution in [1.29, 1.82) is 0 Å². The van der Waals surface area contributed by atoms with Crippen LogP contribution in [0, 0.1) is 6.92 Å². The lowest BCUT2D eigenvalue weighted by molar-refractivity contribution is -0.119. The summed E-state index contributed by atoms with van der Waals surface area (Å²) in [5.74, 6) is 2.70. The van der Waals surface area contributed by atoms with Crippen LogP contribution >= 0.6 is 0 Å². The summed E-state index contributed by atoms with van der Waals surface area (Å²) in [6, 6.07) is 1.91. The number of aromatic nitrogens is 4. The highest BCUT2D eigenvalue weighted by Gasteiger charge is 2.19. The number of nitrogens with zero attached hydrogens (tertiary/aromatic N) is 6. The van der Waals surface area contributed by atoms with Gasteiger partial charge in [-0.3, -0.25) is 9.36 Å². The molecule has 0 saturated heterocycles. The van der Waals surface area contributed by atoms with Crippen molar-refractivity contribution >= 4 is 11.7 Å². The molecule has 0 aromatic carbocycles. The van der Waals surface area contributed by atoms with Crippen molar-refractivity contribution in [2.75, 3.05) is 51.8 Å². The second-order valence-corrected chi connectivity index (χ2v) is 8.51. The first-order valence-electron chi connectivity index (χ1n) is 11.4. The van der Waals surface area contributed by atoms with Gasteiger partial charge in [0, 0.05) is 37.2 Å². The van der Waals surface area contributed by atoms with Crippen LogP contribution in [-0.4, -0.2) is 77.2 Å². The molecular weight excluding hydrogens is 434 g/mol. The maximum Gasteiger partial charge on any atom is 0.239 e. The molecule has 2 aromatic heterocycles. The molecule has 0 unspecified atom stereocenters. The fourth-order valence-corrected chi connectivity index (χ4v) is 3.69. The summed E-state index contributed by atoms with van der Waals surface area (Å²) in [5.41, 5.74) is 1.81. The summed E-state index contributed by atoms with van der Waals surface area (Å²) < 4.78 is 12.8. The zero-order chi connectivity index (χ0) is 23.9. The second-order valence-electron chi connectivity index (χ2n) is 8.51. The van der Waals surface area contributed by atoms with Gasteiger partial charge < -0.3 is 24.6 Å². The van der Waals surface area contributed by atoms with Crippen LogP contribution in [0.5, 0.6) is 0 Å². The summed E-state index contributed by atoms with van der Waals surface area (Å²) in [4.78, 5) is 30.2. The predicted molar refractivity (Wildman–Crippen MR) is 128 cm³/mol. The molecule has 0 saturated carbocycles. The molecule has 180 valence electrons. The first kappa shape index (κ1) is 23.5. The van der Waals surface area contributed by atoms with Crippen LogP contribution in [0.1, 0.15) is 18.5 Å². The lowest BCUT2D eigenvalue weighted by Crippen LogP contribution is -2.39. The second kappa shape index (κ2) is 11.0. The number of fused-ring (bicyclic) bond motifs is 1. The quantitative estimate of drug-likeness (QED) is 0.538. The maximum atomic E-state index is 12.8. The van der Waals surface area contributed by atoms with Gasteiger partial charge in [0.25, 0.3) is 0 Å². The number of carbonyl (C=O) groups is 1. The Kier molecular flexibility index (Phi) is 7.58. The molecule has 4 rings (SSSR count). The van der Waals surface area contributed by atoms with Gasteiger partial charge in [0.2, 0.25) is 11.9 Å². The van der Waals surface area contributed by atoms with Gasteiger partial charge in [0.1, 0.15) is 18.8 Å². The Bertz CT molecular complexity index is 1090. The topological polar surface area (TPSA) is 97.6 Å². The van der Waals surface area contributed by atoms with Gasteiger partial charge in [-0.25, -0.2) is 9.97 Å². The summed E-state index contributed by atoms with van der Waals surface area (Å²) in [6.45, 7) is 4.78. The molecule has 0 atom stereocenters. The molecule has 0 radical (unpaired) electrons. The molecule has 10 nitrogen and oxygen atoms in total. The number of allylic oxidation sites excluding steroid dienone is 1. The maximum absolute atomic E-state index is 12.8. The average molecular weight is 466 g/mol. The Morgan fingerprint density at radius 1 is 1.24 bits per heavy atom. The fraction of sp³-hybridized carbons (Fsp3) is 0.417. The number of amides is 1. The van der Waals surface area contributed by atoms with Crippen molar-refractivity contribution in [3.63, 3.8) is 0 Å². The number of nitrogens with one attached hydrogen (secondary N) is 1. The molecular formula is C24H31N7O3. The van der Waals surface area contributed by atoms with Crippen LogP contribution in [-0.2, 0) is 14.3 Å². The Labute approximate surface area is 199 Å². The molecule has 2 aliphatic rings.